The van der Waals surface area contributed by atoms with Gasteiger partial charge in [0.2, 0.25) is 5.91 Å². The van der Waals surface area contributed by atoms with Crippen molar-refractivity contribution in [2.75, 3.05) is 6.54 Å². The van der Waals surface area contributed by atoms with Crippen LogP contribution in [0.3, 0.4) is 0 Å². The average Bonchev–Trinajstić information content (AvgIpc) is 3.10. The Morgan fingerprint density at radius 3 is 2.57 bits per heavy atom. The normalized spacial score (nSPS) is 14.8. The number of carbonyl (C=O) groups excluding carboxylic acids is 1. The zero-order valence-electron chi connectivity index (χ0n) is 13.5. The predicted octanol–water partition coefficient (Wildman–Crippen LogP) is 3.99. The number of carbonyl (C=O) groups is 1. The quantitative estimate of drug-likeness (QED) is 0.877. The van der Waals surface area contributed by atoms with Crippen molar-refractivity contribution in [3.05, 3.63) is 54.4 Å². The molecule has 3 heteroatoms. The minimum Gasteiger partial charge on any atom is -0.356 e. The molecule has 0 spiro atoms. The van der Waals surface area contributed by atoms with Crippen molar-refractivity contribution >= 4 is 5.91 Å². The molecule has 1 saturated carbocycles. The fourth-order valence-electron chi connectivity index (χ4n) is 3.31. The molecular weight excluding hydrogens is 284 g/mol. The molecule has 0 atom stereocenters. The summed E-state index contributed by atoms with van der Waals surface area (Å²) in [5, 5.41) is 3.06. The van der Waals surface area contributed by atoms with Gasteiger partial charge in [-0.2, -0.15) is 0 Å². The van der Waals surface area contributed by atoms with Crippen molar-refractivity contribution in [1.82, 2.24) is 10.3 Å². The third-order valence-corrected chi connectivity index (χ3v) is 4.66. The molecule has 2 aromatic rings. The van der Waals surface area contributed by atoms with E-state index in [9.17, 15) is 4.79 Å². The van der Waals surface area contributed by atoms with Crippen LogP contribution in [0.4, 0.5) is 0 Å². The second kappa shape index (κ2) is 7.91. The van der Waals surface area contributed by atoms with E-state index < -0.39 is 0 Å². The molecule has 3 nitrogen and oxygen atoms in total. The largest absolute Gasteiger partial charge is 0.356 e. The van der Waals surface area contributed by atoms with Crippen LogP contribution in [0.1, 0.15) is 37.7 Å². The molecule has 0 bridgehead atoms. The van der Waals surface area contributed by atoms with Crippen LogP contribution >= 0.6 is 0 Å². The molecule has 1 fully saturated rings. The zero-order valence-corrected chi connectivity index (χ0v) is 13.5. The van der Waals surface area contributed by atoms with Crippen molar-refractivity contribution in [2.24, 2.45) is 5.92 Å². The summed E-state index contributed by atoms with van der Waals surface area (Å²) >= 11 is 0. The minimum atomic E-state index is 0.122. The molecule has 0 saturated heterocycles. The van der Waals surface area contributed by atoms with E-state index in [-0.39, 0.29) is 5.91 Å². The first-order valence-electron chi connectivity index (χ1n) is 8.57. The fraction of sp³-hybridized carbons (Fsp3) is 0.400. The number of aromatic nitrogens is 1. The lowest BCUT2D eigenvalue weighted by Crippen LogP contribution is -2.27. The van der Waals surface area contributed by atoms with Gasteiger partial charge in [0.25, 0.3) is 0 Å². The van der Waals surface area contributed by atoms with E-state index in [0.717, 1.165) is 35.6 Å². The summed E-state index contributed by atoms with van der Waals surface area (Å²) < 4.78 is 0. The van der Waals surface area contributed by atoms with Crippen LogP contribution in [0.5, 0.6) is 0 Å². The lowest BCUT2D eigenvalue weighted by molar-refractivity contribution is -0.120. The van der Waals surface area contributed by atoms with Crippen molar-refractivity contribution in [3.63, 3.8) is 0 Å². The Hall–Kier alpha value is -2.16. The molecule has 1 aliphatic carbocycles. The summed E-state index contributed by atoms with van der Waals surface area (Å²) in [7, 11) is 0. The number of rotatable bonds is 6. The van der Waals surface area contributed by atoms with Gasteiger partial charge in [0, 0.05) is 18.9 Å². The van der Waals surface area contributed by atoms with Gasteiger partial charge in [-0.05, 0) is 35.1 Å². The first-order chi connectivity index (χ1) is 11.3. The van der Waals surface area contributed by atoms with Gasteiger partial charge < -0.3 is 5.32 Å². The number of nitrogens with zero attached hydrogens (tertiary/aromatic N) is 1. The maximum Gasteiger partial charge on any atom is 0.224 e. The van der Waals surface area contributed by atoms with Crippen LogP contribution in [0, 0.1) is 5.92 Å². The van der Waals surface area contributed by atoms with Crippen LogP contribution in [0.2, 0.25) is 0 Å². The number of hydrogen-bond acceptors (Lipinski definition) is 2. The third-order valence-electron chi connectivity index (χ3n) is 4.66. The van der Waals surface area contributed by atoms with Gasteiger partial charge in [-0.15, -0.1) is 0 Å². The van der Waals surface area contributed by atoms with Crippen LogP contribution in [0.25, 0.3) is 11.1 Å². The predicted molar refractivity (Wildman–Crippen MR) is 93.0 cm³/mol. The van der Waals surface area contributed by atoms with Crippen molar-refractivity contribution in [1.29, 1.82) is 0 Å². The Bertz CT molecular complexity index is 616. The van der Waals surface area contributed by atoms with Gasteiger partial charge in [0.05, 0.1) is 6.42 Å². The molecule has 0 aliphatic heterocycles. The highest BCUT2D eigenvalue weighted by Crippen LogP contribution is 2.26. The first kappa shape index (κ1) is 15.7. The van der Waals surface area contributed by atoms with Crippen molar-refractivity contribution in [2.45, 2.75) is 38.5 Å². The Morgan fingerprint density at radius 2 is 1.87 bits per heavy atom. The lowest BCUT2D eigenvalue weighted by Gasteiger charge is -2.10. The second-order valence-corrected chi connectivity index (χ2v) is 6.40. The topological polar surface area (TPSA) is 42.0 Å². The van der Waals surface area contributed by atoms with Crippen LogP contribution in [0.15, 0.2) is 48.8 Å². The standard InChI is InChI=1S/C20H24N2O/c23-20(22-13-11-16-4-1-2-5-16)14-17-7-9-18(10-8-17)19-6-3-12-21-15-19/h3,6-10,12,15-16H,1-2,4-5,11,13-14H2,(H,22,23). The monoisotopic (exact) mass is 308 g/mol. The Morgan fingerprint density at radius 1 is 1.09 bits per heavy atom. The molecule has 120 valence electrons. The number of nitrogens with one attached hydrogen (secondary N) is 1. The van der Waals surface area contributed by atoms with E-state index in [4.69, 9.17) is 0 Å². The van der Waals surface area contributed by atoms with E-state index in [1.807, 2.05) is 30.5 Å². The smallest absolute Gasteiger partial charge is 0.224 e. The Kier molecular flexibility index (Phi) is 5.41. The molecule has 1 amide bonds. The molecule has 23 heavy (non-hydrogen) atoms. The summed E-state index contributed by atoms with van der Waals surface area (Å²) in [5.41, 5.74) is 3.28. The Labute approximate surface area is 138 Å². The van der Waals surface area contributed by atoms with E-state index in [2.05, 4.69) is 22.4 Å². The van der Waals surface area contributed by atoms with Gasteiger partial charge in [-0.25, -0.2) is 0 Å². The molecule has 1 heterocycles. The van der Waals surface area contributed by atoms with E-state index >= 15 is 0 Å². The van der Waals surface area contributed by atoms with Crippen molar-refractivity contribution < 1.29 is 4.79 Å². The van der Waals surface area contributed by atoms with Crippen LogP contribution in [-0.2, 0) is 11.2 Å². The third kappa shape index (κ3) is 4.65. The lowest BCUT2D eigenvalue weighted by atomic mass is 10.0. The minimum absolute atomic E-state index is 0.122. The maximum atomic E-state index is 12.0. The molecule has 1 aliphatic rings. The van der Waals surface area contributed by atoms with Gasteiger partial charge in [0.1, 0.15) is 0 Å². The van der Waals surface area contributed by atoms with E-state index in [1.54, 1.807) is 6.20 Å². The Balaban J connectivity index is 1.46. The summed E-state index contributed by atoms with van der Waals surface area (Å²) in [6, 6.07) is 12.1. The summed E-state index contributed by atoms with van der Waals surface area (Å²) in [5.74, 6) is 0.950. The van der Waals surface area contributed by atoms with Gasteiger partial charge in [0.15, 0.2) is 0 Å². The highest BCUT2D eigenvalue weighted by Gasteiger charge is 2.14. The van der Waals surface area contributed by atoms with E-state index in [1.165, 1.54) is 25.7 Å². The maximum absolute atomic E-state index is 12.0. The van der Waals surface area contributed by atoms with Gasteiger partial charge in [-0.3, -0.25) is 9.78 Å². The number of benzene rings is 1. The summed E-state index contributed by atoms with van der Waals surface area (Å²) in [4.78, 5) is 16.2. The SMILES string of the molecule is O=C(Cc1ccc(-c2cccnc2)cc1)NCCC1CCCC1. The summed E-state index contributed by atoms with van der Waals surface area (Å²) in [6.07, 6.45) is 10.6. The molecule has 1 aromatic heterocycles. The number of amides is 1. The zero-order chi connectivity index (χ0) is 15.9. The van der Waals surface area contributed by atoms with Crippen LogP contribution in [-0.4, -0.2) is 17.4 Å². The highest BCUT2D eigenvalue weighted by molar-refractivity contribution is 5.78. The molecule has 1 N–H and O–H groups in total. The highest BCUT2D eigenvalue weighted by atomic mass is 16.1. The molecule has 0 radical (unpaired) electrons. The van der Waals surface area contributed by atoms with E-state index in [0.29, 0.717) is 6.42 Å². The fourth-order valence-corrected chi connectivity index (χ4v) is 3.31. The molecular formula is C20H24N2O. The first-order valence-corrected chi connectivity index (χ1v) is 8.57. The summed E-state index contributed by atoms with van der Waals surface area (Å²) in [6.45, 7) is 0.817. The van der Waals surface area contributed by atoms with Gasteiger partial charge in [-0.1, -0.05) is 56.0 Å². The average molecular weight is 308 g/mol. The number of pyridine rings is 1. The van der Waals surface area contributed by atoms with Gasteiger partial charge >= 0.3 is 0 Å². The number of hydrogen-bond donors (Lipinski definition) is 1. The van der Waals surface area contributed by atoms with Crippen LogP contribution < -0.4 is 5.32 Å². The molecule has 0 unspecified atom stereocenters. The van der Waals surface area contributed by atoms with Crippen molar-refractivity contribution in [3.8, 4) is 11.1 Å². The second-order valence-electron chi connectivity index (χ2n) is 6.40. The molecule has 3 rings (SSSR count). The molecule has 1 aromatic carbocycles.